The molecular weight excluding hydrogens is 330 g/mol. The zero-order valence-electron chi connectivity index (χ0n) is 11.7. The average molecular weight is 344 g/mol. The molecule has 0 atom stereocenters. The van der Waals surface area contributed by atoms with Gasteiger partial charge in [-0.3, -0.25) is 0 Å². The van der Waals surface area contributed by atoms with E-state index in [0.717, 1.165) is 20.8 Å². The van der Waals surface area contributed by atoms with E-state index in [1.54, 1.807) is 6.92 Å². The minimum atomic E-state index is 0.439. The van der Waals surface area contributed by atoms with Gasteiger partial charge in [0.05, 0.1) is 10.0 Å². The van der Waals surface area contributed by atoms with Gasteiger partial charge in [0, 0.05) is 0 Å². The number of halogens is 1. The fourth-order valence-electron chi connectivity index (χ4n) is 2.12. The Morgan fingerprint density at radius 1 is 1.05 bits per heavy atom. The van der Waals surface area contributed by atoms with Crippen molar-refractivity contribution < 1.29 is 4.74 Å². The number of hydrogen-bond donors (Lipinski definition) is 1. The Morgan fingerprint density at radius 2 is 1.81 bits per heavy atom. The van der Waals surface area contributed by atoms with Gasteiger partial charge in [0.1, 0.15) is 17.4 Å². The maximum atomic E-state index is 5.93. The number of benzene rings is 2. The van der Waals surface area contributed by atoms with Crippen LogP contribution in [0.15, 0.2) is 40.9 Å². The molecule has 0 amide bonds. The first-order chi connectivity index (χ1) is 10.1. The number of ether oxygens (including phenoxy) is 1. The third-order valence-corrected chi connectivity index (χ3v) is 4.10. The quantitative estimate of drug-likeness (QED) is 0.749. The minimum absolute atomic E-state index is 0.439. The second kappa shape index (κ2) is 5.33. The minimum Gasteiger partial charge on any atom is -0.437 e. The zero-order valence-corrected chi connectivity index (χ0v) is 13.3. The molecule has 0 spiro atoms. The molecule has 2 N–H and O–H groups in total. The van der Waals surface area contributed by atoms with Crippen LogP contribution >= 0.6 is 15.9 Å². The number of rotatable bonds is 2. The number of aryl methyl sites for hydroxylation is 1. The van der Waals surface area contributed by atoms with Gasteiger partial charge < -0.3 is 10.5 Å². The molecule has 4 nitrogen and oxygen atoms in total. The van der Waals surface area contributed by atoms with Gasteiger partial charge in [0.15, 0.2) is 0 Å². The van der Waals surface area contributed by atoms with Crippen molar-refractivity contribution in [1.29, 1.82) is 0 Å². The monoisotopic (exact) mass is 343 g/mol. The molecule has 21 heavy (non-hydrogen) atoms. The molecule has 106 valence electrons. The lowest BCUT2D eigenvalue weighted by Gasteiger charge is -2.12. The van der Waals surface area contributed by atoms with E-state index < -0.39 is 0 Å². The van der Waals surface area contributed by atoms with Crippen molar-refractivity contribution in [3.63, 3.8) is 0 Å². The van der Waals surface area contributed by atoms with E-state index in [0.29, 0.717) is 23.3 Å². The van der Waals surface area contributed by atoms with Gasteiger partial charge >= 0.3 is 0 Å². The Bertz CT molecular complexity index is 833. The van der Waals surface area contributed by atoms with Crippen molar-refractivity contribution in [2.45, 2.75) is 13.8 Å². The van der Waals surface area contributed by atoms with Crippen molar-refractivity contribution in [2.24, 2.45) is 0 Å². The molecule has 3 aromatic rings. The largest absolute Gasteiger partial charge is 0.437 e. The van der Waals surface area contributed by atoms with Crippen LogP contribution in [0.1, 0.15) is 11.4 Å². The SMILES string of the molecule is Cc1nc(N)c(C)c(Oc2ccc3ccccc3c2Br)n1. The Labute approximate surface area is 131 Å². The topological polar surface area (TPSA) is 61.0 Å². The molecule has 3 rings (SSSR count). The molecule has 0 aliphatic carbocycles. The number of anilines is 1. The molecule has 5 heteroatoms. The standard InChI is InChI=1S/C16H14BrN3O/c1-9-15(18)19-10(2)20-16(9)21-13-8-7-11-5-3-4-6-12(11)14(13)17/h3-8H,1-2H3,(H2,18,19,20). The van der Waals surface area contributed by atoms with E-state index >= 15 is 0 Å². The maximum Gasteiger partial charge on any atom is 0.227 e. The number of aromatic nitrogens is 2. The molecule has 0 saturated heterocycles. The second-order valence-corrected chi connectivity index (χ2v) is 5.58. The van der Waals surface area contributed by atoms with Crippen LogP contribution in [0.5, 0.6) is 11.6 Å². The van der Waals surface area contributed by atoms with Crippen molar-refractivity contribution in [2.75, 3.05) is 5.73 Å². The fourth-order valence-corrected chi connectivity index (χ4v) is 2.69. The molecular formula is C16H14BrN3O. The Kier molecular flexibility index (Phi) is 3.51. The maximum absolute atomic E-state index is 5.93. The van der Waals surface area contributed by atoms with Gasteiger partial charge in [-0.25, -0.2) is 4.98 Å². The van der Waals surface area contributed by atoms with E-state index in [2.05, 4.69) is 32.0 Å². The molecule has 1 heterocycles. The van der Waals surface area contributed by atoms with Crippen LogP contribution in [0, 0.1) is 13.8 Å². The van der Waals surface area contributed by atoms with Crippen LogP contribution in [0.2, 0.25) is 0 Å². The first kappa shape index (κ1) is 13.8. The van der Waals surface area contributed by atoms with Crippen LogP contribution in [-0.4, -0.2) is 9.97 Å². The van der Waals surface area contributed by atoms with Gasteiger partial charge in [-0.2, -0.15) is 4.98 Å². The average Bonchev–Trinajstić information content (AvgIpc) is 2.47. The third-order valence-electron chi connectivity index (χ3n) is 3.29. The van der Waals surface area contributed by atoms with Gasteiger partial charge in [0.2, 0.25) is 5.88 Å². The van der Waals surface area contributed by atoms with E-state index in [4.69, 9.17) is 10.5 Å². The van der Waals surface area contributed by atoms with E-state index in [9.17, 15) is 0 Å². The summed E-state index contributed by atoms with van der Waals surface area (Å²) in [6, 6.07) is 12.0. The van der Waals surface area contributed by atoms with Gasteiger partial charge in [-0.05, 0) is 46.6 Å². The summed E-state index contributed by atoms with van der Waals surface area (Å²) in [5.74, 6) is 2.21. The van der Waals surface area contributed by atoms with Crippen LogP contribution in [0.25, 0.3) is 10.8 Å². The van der Waals surface area contributed by atoms with Gasteiger partial charge in [-0.15, -0.1) is 0 Å². The number of nitrogens with zero attached hydrogens (tertiary/aromatic N) is 2. The normalized spacial score (nSPS) is 10.8. The molecule has 0 aliphatic rings. The Balaban J connectivity index is 2.08. The van der Waals surface area contributed by atoms with Crippen molar-refractivity contribution >= 4 is 32.5 Å². The number of nitrogens with two attached hydrogens (primary N) is 1. The highest BCUT2D eigenvalue weighted by Crippen LogP contribution is 2.36. The smallest absolute Gasteiger partial charge is 0.227 e. The first-order valence-corrected chi connectivity index (χ1v) is 7.31. The Morgan fingerprint density at radius 3 is 2.62 bits per heavy atom. The lowest BCUT2D eigenvalue weighted by Crippen LogP contribution is -2.02. The van der Waals surface area contributed by atoms with Crippen molar-refractivity contribution in [3.8, 4) is 11.6 Å². The summed E-state index contributed by atoms with van der Waals surface area (Å²) in [4.78, 5) is 8.44. The predicted molar refractivity (Wildman–Crippen MR) is 87.6 cm³/mol. The van der Waals surface area contributed by atoms with Crippen LogP contribution in [0.4, 0.5) is 5.82 Å². The lowest BCUT2D eigenvalue weighted by molar-refractivity contribution is 0.454. The number of nitrogen functional groups attached to an aromatic ring is 1. The number of hydrogen-bond acceptors (Lipinski definition) is 4. The highest BCUT2D eigenvalue weighted by molar-refractivity contribution is 9.10. The summed E-state index contributed by atoms with van der Waals surface area (Å²) in [6.45, 7) is 3.64. The fraction of sp³-hybridized carbons (Fsp3) is 0.125. The van der Waals surface area contributed by atoms with Crippen LogP contribution < -0.4 is 10.5 Å². The molecule has 1 aromatic heterocycles. The van der Waals surface area contributed by atoms with Crippen LogP contribution in [0.3, 0.4) is 0 Å². The number of fused-ring (bicyclic) bond motifs is 1. The summed E-state index contributed by atoms with van der Waals surface area (Å²) < 4.78 is 6.83. The summed E-state index contributed by atoms with van der Waals surface area (Å²) >= 11 is 3.60. The van der Waals surface area contributed by atoms with E-state index in [1.807, 2.05) is 37.3 Å². The molecule has 0 saturated carbocycles. The summed E-state index contributed by atoms with van der Waals surface area (Å²) in [5.41, 5.74) is 6.60. The molecule has 0 unspecified atom stereocenters. The molecule has 0 bridgehead atoms. The zero-order chi connectivity index (χ0) is 15.0. The van der Waals surface area contributed by atoms with E-state index in [1.165, 1.54) is 0 Å². The molecule has 0 aliphatic heterocycles. The van der Waals surface area contributed by atoms with E-state index in [-0.39, 0.29) is 0 Å². The van der Waals surface area contributed by atoms with Gasteiger partial charge in [-0.1, -0.05) is 30.3 Å². The molecule has 2 aromatic carbocycles. The second-order valence-electron chi connectivity index (χ2n) is 4.79. The highest BCUT2D eigenvalue weighted by atomic mass is 79.9. The van der Waals surface area contributed by atoms with Crippen molar-refractivity contribution in [1.82, 2.24) is 9.97 Å². The summed E-state index contributed by atoms with van der Waals surface area (Å²) in [7, 11) is 0. The van der Waals surface area contributed by atoms with Crippen molar-refractivity contribution in [3.05, 3.63) is 52.3 Å². The highest BCUT2D eigenvalue weighted by Gasteiger charge is 2.12. The lowest BCUT2D eigenvalue weighted by atomic mass is 10.1. The molecule has 0 radical (unpaired) electrons. The molecule has 0 fully saturated rings. The third kappa shape index (κ3) is 2.56. The van der Waals surface area contributed by atoms with Gasteiger partial charge in [0.25, 0.3) is 0 Å². The summed E-state index contributed by atoms with van der Waals surface area (Å²) in [6.07, 6.45) is 0. The van der Waals surface area contributed by atoms with Crippen LogP contribution in [-0.2, 0) is 0 Å². The summed E-state index contributed by atoms with van der Waals surface area (Å²) in [5, 5.41) is 2.23. The first-order valence-electron chi connectivity index (χ1n) is 6.52. The predicted octanol–water partition coefficient (Wildman–Crippen LogP) is 4.38. The Hall–Kier alpha value is -2.14.